The van der Waals surface area contributed by atoms with E-state index in [1.54, 1.807) is 17.1 Å². The van der Waals surface area contributed by atoms with Crippen LogP contribution in [-0.4, -0.2) is 34.9 Å². The van der Waals surface area contributed by atoms with Crippen molar-refractivity contribution in [1.29, 1.82) is 0 Å². The molecule has 0 amide bonds. The van der Waals surface area contributed by atoms with E-state index in [9.17, 15) is 9.59 Å². The maximum absolute atomic E-state index is 12.4. The molecule has 136 valence electrons. The van der Waals surface area contributed by atoms with Gasteiger partial charge in [-0.25, -0.2) is 9.48 Å². The molecule has 26 heavy (non-hydrogen) atoms. The third-order valence-electron chi connectivity index (χ3n) is 5.67. The molecule has 2 aliphatic rings. The molecule has 2 aliphatic carbocycles. The molecule has 1 aromatic heterocycles. The van der Waals surface area contributed by atoms with Crippen LogP contribution in [0.1, 0.15) is 41.6 Å². The summed E-state index contributed by atoms with van der Waals surface area (Å²) in [5.41, 5.74) is 2.66. The van der Waals surface area contributed by atoms with E-state index in [4.69, 9.17) is 9.47 Å². The number of ether oxygens (including phenoxy) is 2. The van der Waals surface area contributed by atoms with Crippen molar-refractivity contribution in [2.45, 2.75) is 38.7 Å². The van der Waals surface area contributed by atoms with E-state index in [0.717, 1.165) is 36.9 Å². The summed E-state index contributed by atoms with van der Waals surface area (Å²) in [5, 5.41) is 4.28. The highest BCUT2D eigenvalue weighted by molar-refractivity contribution is 5.89. The van der Waals surface area contributed by atoms with E-state index in [1.165, 1.54) is 7.11 Å². The van der Waals surface area contributed by atoms with E-state index in [1.807, 2.05) is 31.2 Å². The topological polar surface area (TPSA) is 70.4 Å². The Labute approximate surface area is 152 Å². The van der Waals surface area contributed by atoms with E-state index in [2.05, 4.69) is 5.10 Å². The maximum Gasteiger partial charge on any atom is 0.341 e. The molecule has 6 nitrogen and oxygen atoms in total. The number of esters is 2. The van der Waals surface area contributed by atoms with Gasteiger partial charge in [-0.05, 0) is 49.7 Å². The number of aromatic nitrogens is 2. The molecular weight excluding hydrogens is 332 g/mol. The average molecular weight is 354 g/mol. The summed E-state index contributed by atoms with van der Waals surface area (Å²) in [4.78, 5) is 23.9. The Kier molecular flexibility index (Phi) is 4.05. The molecule has 0 unspecified atom stereocenters. The number of benzene rings is 1. The number of hydrogen-bond acceptors (Lipinski definition) is 5. The molecule has 0 aliphatic heterocycles. The Morgan fingerprint density at radius 2 is 1.92 bits per heavy atom. The Balaban J connectivity index is 1.32. The van der Waals surface area contributed by atoms with Gasteiger partial charge < -0.3 is 9.47 Å². The first-order valence-corrected chi connectivity index (χ1v) is 8.89. The number of aryl methyl sites for hydroxylation is 1. The SMILES string of the molecule is COC(=O)C1CC2(CC(OC(=O)c3cnn(-c4ccccc4C)c3)C2)C1. The molecule has 0 atom stereocenters. The third-order valence-corrected chi connectivity index (χ3v) is 5.67. The van der Waals surface area contributed by atoms with Gasteiger partial charge in [0, 0.05) is 6.20 Å². The Morgan fingerprint density at radius 3 is 2.62 bits per heavy atom. The highest BCUT2D eigenvalue weighted by atomic mass is 16.5. The van der Waals surface area contributed by atoms with Gasteiger partial charge in [-0.1, -0.05) is 18.2 Å². The van der Waals surface area contributed by atoms with Gasteiger partial charge >= 0.3 is 11.9 Å². The second-order valence-electron chi connectivity index (χ2n) is 7.52. The lowest BCUT2D eigenvalue weighted by Gasteiger charge is -2.55. The fourth-order valence-electron chi connectivity index (χ4n) is 4.24. The smallest absolute Gasteiger partial charge is 0.341 e. The van der Waals surface area contributed by atoms with Crippen LogP contribution in [0.4, 0.5) is 0 Å². The lowest BCUT2D eigenvalue weighted by Crippen LogP contribution is -2.53. The summed E-state index contributed by atoms with van der Waals surface area (Å²) < 4.78 is 12.1. The van der Waals surface area contributed by atoms with Gasteiger partial charge in [0.1, 0.15) is 6.10 Å². The second-order valence-corrected chi connectivity index (χ2v) is 7.52. The number of para-hydroxylation sites is 1. The minimum Gasteiger partial charge on any atom is -0.469 e. The monoisotopic (exact) mass is 354 g/mol. The molecule has 2 fully saturated rings. The van der Waals surface area contributed by atoms with Crippen LogP contribution in [0.3, 0.4) is 0 Å². The summed E-state index contributed by atoms with van der Waals surface area (Å²) in [6.45, 7) is 2.00. The van der Waals surface area contributed by atoms with Gasteiger partial charge in [-0.15, -0.1) is 0 Å². The van der Waals surface area contributed by atoms with Crippen molar-refractivity contribution < 1.29 is 19.1 Å². The fourth-order valence-corrected chi connectivity index (χ4v) is 4.24. The maximum atomic E-state index is 12.4. The molecule has 1 spiro atoms. The number of carbonyl (C=O) groups is 2. The van der Waals surface area contributed by atoms with Gasteiger partial charge in [0.05, 0.1) is 30.5 Å². The first kappa shape index (κ1) is 16.8. The molecule has 0 bridgehead atoms. The van der Waals surface area contributed by atoms with Crippen LogP contribution < -0.4 is 0 Å². The van der Waals surface area contributed by atoms with E-state index in [-0.39, 0.29) is 29.4 Å². The van der Waals surface area contributed by atoms with E-state index >= 15 is 0 Å². The van der Waals surface area contributed by atoms with Crippen LogP contribution >= 0.6 is 0 Å². The van der Waals surface area contributed by atoms with Crippen molar-refractivity contribution >= 4 is 11.9 Å². The van der Waals surface area contributed by atoms with Gasteiger partial charge in [0.2, 0.25) is 0 Å². The molecule has 0 radical (unpaired) electrons. The summed E-state index contributed by atoms with van der Waals surface area (Å²) in [6, 6.07) is 7.87. The zero-order valence-corrected chi connectivity index (χ0v) is 15.0. The number of methoxy groups -OCH3 is 1. The highest BCUT2D eigenvalue weighted by Crippen LogP contribution is 2.59. The highest BCUT2D eigenvalue weighted by Gasteiger charge is 2.56. The van der Waals surface area contributed by atoms with Crippen LogP contribution in [0.5, 0.6) is 0 Å². The zero-order valence-electron chi connectivity index (χ0n) is 15.0. The Hall–Kier alpha value is -2.63. The molecular formula is C20H22N2O4. The van der Waals surface area contributed by atoms with Crippen molar-refractivity contribution in [2.24, 2.45) is 11.3 Å². The minimum absolute atomic E-state index is 0.0176. The lowest BCUT2D eigenvalue weighted by molar-refractivity contribution is -0.167. The van der Waals surface area contributed by atoms with Gasteiger partial charge in [0.15, 0.2) is 0 Å². The van der Waals surface area contributed by atoms with Crippen molar-refractivity contribution in [3.63, 3.8) is 0 Å². The standard InChI is InChI=1S/C20H22N2O4/c1-13-5-3-4-6-17(13)22-12-15(11-21-22)19(24)26-16-9-20(10-16)7-14(8-20)18(23)25-2/h3-6,11-12,14,16H,7-10H2,1-2H3. The molecule has 2 aromatic rings. The van der Waals surface area contributed by atoms with E-state index < -0.39 is 0 Å². The normalized spacial score (nSPS) is 26.7. The van der Waals surface area contributed by atoms with Crippen molar-refractivity contribution in [1.82, 2.24) is 9.78 Å². The quantitative estimate of drug-likeness (QED) is 0.789. The fraction of sp³-hybridized carbons (Fsp3) is 0.450. The molecule has 0 saturated heterocycles. The van der Waals surface area contributed by atoms with Crippen molar-refractivity contribution in [3.05, 3.63) is 47.8 Å². The predicted molar refractivity (Wildman–Crippen MR) is 93.9 cm³/mol. The third kappa shape index (κ3) is 2.89. The molecule has 0 N–H and O–H groups in total. The van der Waals surface area contributed by atoms with Crippen LogP contribution in [-0.2, 0) is 14.3 Å². The van der Waals surface area contributed by atoms with Crippen LogP contribution in [0.2, 0.25) is 0 Å². The van der Waals surface area contributed by atoms with Crippen molar-refractivity contribution in [2.75, 3.05) is 7.11 Å². The number of nitrogens with zero attached hydrogens (tertiary/aromatic N) is 2. The number of hydrogen-bond donors (Lipinski definition) is 0. The van der Waals surface area contributed by atoms with Gasteiger partial charge in [-0.3, -0.25) is 4.79 Å². The summed E-state index contributed by atoms with van der Waals surface area (Å²) in [6.07, 6.45) is 6.53. The first-order valence-electron chi connectivity index (χ1n) is 8.89. The molecule has 4 rings (SSSR count). The molecule has 1 heterocycles. The summed E-state index contributed by atoms with van der Waals surface area (Å²) in [7, 11) is 1.43. The van der Waals surface area contributed by atoms with Gasteiger partial charge in [0.25, 0.3) is 0 Å². The number of rotatable bonds is 4. The summed E-state index contributed by atoms with van der Waals surface area (Å²) in [5.74, 6) is -0.447. The minimum atomic E-state index is -0.339. The van der Waals surface area contributed by atoms with Crippen LogP contribution in [0, 0.1) is 18.3 Å². The predicted octanol–water partition coefficient (Wildman–Crippen LogP) is 3.07. The average Bonchev–Trinajstić information content (AvgIpc) is 3.05. The van der Waals surface area contributed by atoms with Gasteiger partial charge in [-0.2, -0.15) is 5.10 Å². The second kappa shape index (κ2) is 6.27. The van der Waals surface area contributed by atoms with Crippen LogP contribution in [0.15, 0.2) is 36.7 Å². The summed E-state index contributed by atoms with van der Waals surface area (Å²) >= 11 is 0. The Morgan fingerprint density at radius 1 is 1.19 bits per heavy atom. The lowest BCUT2D eigenvalue weighted by atomic mass is 9.50. The molecule has 6 heteroatoms. The number of carbonyl (C=O) groups excluding carboxylic acids is 2. The Bertz CT molecular complexity index is 843. The molecule has 1 aromatic carbocycles. The van der Waals surface area contributed by atoms with E-state index in [0.29, 0.717) is 5.56 Å². The molecule has 2 saturated carbocycles. The zero-order chi connectivity index (χ0) is 18.3. The first-order chi connectivity index (χ1) is 12.5. The van der Waals surface area contributed by atoms with Crippen molar-refractivity contribution in [3.8, 4) is 5.69 Å². The van der Waals surface area contributed by atoms with Crippen LogP contribution in [0.25, 0.3) is 5.69 Å². The largest absolute Gasteiger partial charge is 0.469 e.